The van der Waals surface area contributed by atoms with Crippen LogP contribution in [0.1, 0.15) is 23.6 Å². The van der Waals surface area contributed by atoms with E-state index in [1.165, 1.54) is 22.4 Å². The van der Waals surface area contributed by atoms with Gasteiger partial charge in [-0.1, -0.05) is 48.0 Å². The smallest absolute Gasteiger partial charge is 0.0717 e. The molecule has 1 aliphatic heterocycles. The van der Waals surface area contributed by atoms with Gasteiger partial charge in [0.15, 0.2) is 0 Å². The van der Waals surface area contributed by atoms with E-state index >= 15 is 0 Å². The Labute approximate surface area is 127 Å². The van der Waals surface area contributed by atoms with Crippen LogP contribution < -0.4 is 4.90 Å². The highest BCUT2D eigenvalue weighted by molar-refractivity contribution is 5.59. The number of fused-ring (bicyclic) bond motifs is 1. The molecule has 0 aromatic heterocycles. The molecule has 1 aliphatic rings. The third-order valence-electron chi connectivity index (χ3n) is 4.21. The van der Waals surface area contributed by atoms with Crippen molar-refractivity contribution in [2.75, 3.05) is 18.1 Å². The molecule has 2 heteroatoms. The Balaban J connectivity index is 1.50. The van der Waals surface area contributed by atoms with Gasteiger partial charge in [0.2, 0.25) is 0 Å². The maximum Gasteiger partial charge on any atom is 0.0717 e. The van der Waals surface area contributed by atoms with Crippen molar-refractivity contribution in [1.82, 2.24) is 0 Å². The molecule has 1 atom stereocenters. The lowest BCUT2D eigenvalue weighted by atomic mass is 10.1. The number of aryl methyl sites for hydroxylation is 1. The SMILES string of the molecule is Cc1ccc(COCCN2c3ccccc3CC2C)cc1. The summed E-state index contributed by atoms with van der Waals surface area (Å²) in [5, 5.41) is 0. The molecule has 0 amide bonds. The van der Waals surface area contributed by atoms with Crippen LogP contribution in [0.5, 0.6) is 0 Å². The molecule has 0 radical (unpaired) electrons. The van der Waals surface area contributed by atoms with Crippen LogP contribution in [-0.2, 0) is 17.8 Å². The minimum atomic E-state index is 0.574. The number of hydrogen-bond acceptors (Lipinski definition) is 2. The lowest BCUT2D eigenvalue weighted by Crippen LogP contribution is -2.32. The highest BCUT2D eigenvalue weighted by Crippen LogP contribution is 2.31. The zero-order valence-electron chi connectivity index (χ0n) is 12.9. The molecule has 0 fully saturated rings. The Morgan fingerprint density at radius 3 is 2.67 bits per heavy atom. The second-order valence-electron chi connectivity index (χ2n) is 5.91. The molecule has 0 N–H and O–H groups in total. The number of ether oxygens (including phenoxy) is 1. The standard InChI is InChI=1S/C19H23NO/c1-15-7-9-17(10-8-15)14-21-12-11-20-16(2)13-18-5-3-4-6-19(18)20/h3-10,16H,11-14H2,1-2H3. The molecular weight excluding hydrogens is 258 g/mol. The number of benzene rings is 2. The molecule has 2 aromatic rings. The van der Waals surface area contributed by atoms with Crippen LogP contribution in [0.3, 0.4) is 0 Å². The van der Waals surface area contributed by atoms with E-state index in [-0.39, 0.29) is 0 Å². The van der Waals surface area contributed by atoms with Gasteiger partial charge in [-0.15, -0.1) is 0 Å². The molecule has 0 saturated carbocycles. The number of nitrogens with zero attached hydrogens (tertiary/aromatic N) is 1. The molecule has 0 aliphatic carbocycles. The Kier molecular flexibility index (Phi) is 4.26. The van der Waals surface area contributed by atoms with E-state index in [4.69, 9.17) is 4.74 Å². The Morgan fingerprint density at radius 1 is 1.10 bits per heavy atom. The lowest BCUT2D eigenvalue weighted by molar-refractivity contribution is 0.126. The second-order valence-corrected chi connectivity index (χ2v) is 5.91. The average molecular weight is 281 g/mol. The van der Waals surface area contributed by atoms with E-state index in [1.807, 2.05) is 0 Å². The number of hydrogen-bond donors (Lipinski definition) is 0. The van der Waals surface area contributed by atoms with Crippen molar-refractivity contribution in [3.63, 3.8) is 0 Å². The maximum atomic E-state index is 5.84. The summed E-state index contributed by atoms with van der Waals surface area (Å²) in [6.07, 6.45) is 1.15. The first-order chi connectivity index (χ1) is 10.2. The first kappa shape index (κ1) is 14.2. The van der Waals surface area contributed by atoms with Crippen molar-refractivity contribution in [3.8, 4) is 0 Å². The Morgan fingerprint density at radius 2 is 1.86 bits per heavy atom. The van der Waals surface area contributed by atoms with Gasteiger partial charge in [-0.3, -0.25) is 0 Å². The molecule has 2 aromatic carbocycles. The summed E-state index contributed by atoms with van der Waals surface area (Å²) in [5.41, 5.74) is 5.38. The zero-order valence-corrected chi connectivity index (χ0v) is 12.9. The maximum absolute atomic E-state index is 5.84. The van der Waals surface area contributed by atoms with Gasteiger partial charge >= 0.3 is 0 Å². The van der Waals surface area contributed by atoms with Crippen LogP contribution in [0.15, 0.2) is 48.5 Å². The van der Waals surface area contributed by atoms with Crippen LogP contribution in [0, 0.1) is 6.92 Å². The molecule has 0 bridgehead atoms. The molecule has 3 rings (SSSR count). The van der Waals surface area contributed by atoms with E-state index in [2.05, 4.69) is 67.3 Å². The third-order valence-corrected chi connectivity index (χ3v) is 4.21. The largest absolute Gasteiger partial charge is 0.375 e. The van der Waals surface area contributed by atoms with E-state index in [9.17, 15) is 0 Å². The van der Waals surface area contributed by atoms with Gasteiger partial charge in [0.1, 0.15) is 0 Å². The van der Waals surface area contributed by atoms with Gasteiger partial charge in [0.05, 0.1) is 13.2 Å². The molecule has 110 valence electrons. The van der Waals surface area contributed by atoms with Gasteiger partial charge in [0, 0.05) is 18.3 Å². The molecule has 0 spiro atoms. The van der Waals surface area contributed by atoms with Gasteiger partial charge in [-0.2, -0.15) is 0 Å². The average Bonchev–Trinajstić information content (AvgIpc) is 2.81. The summed E-state index contributed by atoms with van der Waals surface area (Å²) in [6, 6.07) is 17.8. The van der Waals surface area contributed by atoms with E-state index in [1.54, 1.807) is 0 Å². The van der Waals surface area contributed by atoms with Gasteiger partial charge in [-0.05, 0) is 37.5 Å². The van der Waals surface area contributed by atoms with Crippen LogP contribution in [0.25, 0.3) is 0 Å². The molecule has 1 unspecified atom stereocenters. The zero-order chi connectivity index (χ0) is 14.7. The fourth-order valence-corrected chi connectivity index (χ4v) is 3.01. The predicted molar refractivity (Wildman–Crippen MR) is 87.8 cm³/mol. The van der Waals surface area contributed by atoms with E-state index < -0.39 is 0 Å². The van der Waals surface area contributed by atoms with E-state index in [0.717, 1.165) is 19.6 Å². The summed E-state index contributed by atoms with van der Waals surface area (Å²) in [6.45, 7) is 6.83. The molecule has 0 saturated heterocycles. The monoisotopic (exact) mass is 281 g/mol. The Bertz CT molecular complexity index is 591. The second kappa shape index (κ2) is 6.31. The van der Waals surface area contributed by atoms with E-state index in [0.29, 0.717) is 12.6 Å². The normalized spacial score (nSPS) is 17.0. The molecule has 2 nitrogen and oxygen atoms in total. The van der Waals surface area contributed by atoms with Crippen molar-refractivity contribution in [1.29, 1.82) is 0 Å². The summed E-state index contributed by atoms with van der Waals surface area (Å²) < 4.78 is 5.84. The number of rotatable bonds is 5. The first-order valence-corrected chi connectivity index (χ1v) is 7.72. The minimum absolute atomic E-state index is 0.574. The van der Waals surface area contributed by atoms with Crippen LogP contribution in [0.4, 0.5) is 5.69 Å². The van der Waals surface area contributed by atoms with Crippen molar-refractivity contribution >= 4 is 5.69 Å². The van der Waals surface area contributed by atoms with Crippen LogP contribution in [0.2, 0.25) is 0 Å². The van der Waals surface area contributed by atoms with Crippen molar-refractivity contribution in [2.45, 2.75) is 32.9 Å². The number of anilines is 1. The van der Waals surface area contributed by atoms with Crippen LogP contribution in [-0.4, -0.2) is 19.2 Å². The quantitative estimate of drug-likeness (QED) is 0.769. The highest BCUT2D eigenvalue weighted by atomic mass is 16.5. The van der Waals surface area contributed by atoms with Crippen LogP contribution >= 0.6 is 0 Å². The van der Waals surface area contributed by atoms with Gasteiger partial charge in [-0.25, -0.2) is 0 Å². The van der Waals surface area contributed by atoms with Gasteiger partial charge in [0.25, 0.3) is 0 Å². The van der Waals surface area contributed by atoms with Crippen molar-refractivity contribution in [2.24, 2.45) is 0 Å². The molecular formula is C19H23NO. The topological polar surface area (TPSA) is 12.5 Å². The first-order valence-electron chi connectivity index (χ1n) is 7.72. The summed E-state index contributed by atoms with van der Waals surface area (Å²) in [5.74, 6) is 0. The van der Waals surface area contributed by atoms with Gasteiger partial charge < -0.3 is 9.64 Å². The minimum Gasteiger partial charge on any atom is -0.375 e. The summed E-state index contributed by atoms with van der Waals surface area (Å²) in [7, 11) is 0. The number of para-hydroxylation sites is 1. The fraction of sp³-hybridized carbons (Fsp3) is 0.368. The predicted octanol–water partition coefficient (Wildman–Crippen LogP) is 3.96. The highest BCUT2D eigenvalue weighted by Gasteiger charge is 2.24. The van der Waals surface area contributed by atoms with Crippen molar-refractivity contribution < 1.29 is 4.74 Å². The fourth-order valence-electron chi connectivity index (χ4n) is 3.01. The summed E-state index contributed by atoms with van der Waals surface area (Å²) >= 11 is 0. The molecule has 1 heterocycles. The third kappa shape index (κ3) is 3.27. The van der Waals surface area contributed by atoms with Crippen molar-refractivity contribution in [3.05, 3.63) is 65.2 Å². The molecule has 21 heavy (non-hydrogen) atoms. The Hall–Kier alpha value is -1.80. The lowest BCUT2D eigenvalue weighted by Gasteiger charge is -2.24. The summed E-state index contributed by atoms with van der Waals surface area (Å²) in [4.78, 5) is 2.46.